The van der Waals surface area contributed by atoms with Crippen molar-refractivity contribution in [1.82, 2.24) is 4.57 Å². The monoisotopic (exact) mass is 257 g/mol. The Bertz CT molecular complexity index is 744. The van der Waals surface area contributed by atoms with Gasteiger partial charge in [0.2, 0.25) is 0 Å². The van der Waals surface area contributed by atoms with E-state index in [2.05, 4.69) is 6.07 Å². The summed E-state index contributed by atoms with van der Waals surface area (Å²) in [6.45, 7) is 2.40. The van der Waals surface area contributed by atoms with Crippen molar-refractivity contribution >= 4 is 10.9 Å². The van der Waals surface area contributed by atoms with Gasteiger partial charge in [-0.15, -0.1) is 0 Å². The zero-order chi connectivity index (χ0) is 13.4. The molecule has 0 aliphatic heterocycles. The van der Waals surface area contributed by atoms with Crippen molar-refractivity contribution in [3.8, 4) is 0 Å². The molecular formula is C16H13F2N. The van der Waals surface area contributed by atoms with Crippen molar-refractivity contribution in [2.75, 3.05) is 0 Å². The van der Waals surface area contributed by atoms with Crippen LogP contribution in [0.5, 0.6) is 0 Å². The molecule has 0 saturated heterocycles. The number of benzene rings is 2. The van der Waals surface area contributed by atoms with Gasteiger partial charge in [-0.25, -0.2) is 8.78 Å². The predicted octanol–water partition coefficient (Wildman–Crippen LogP) is 4.28. The fourth-order valence-corrected chi connectivity index (χ4v) is 2.38. The summed E-state index contributed by atoms with van der Waals surface area (Å²) in [5.41, 5.74) is 2.61. The molecule has 1 heterocycles. The highest BCUT2D eigenvalue weighted by molar-refractivity contribution is 5.81. The topological polar surface area (TPSA) is 4.93 Å². The first kappa shape index (κ1) is 11.9. The number of halogens is 2. The summed E-state index contributed by atoms with van der Waals surface area (Å²) < 4.78 is 28.7. The van der Waals surface area contributed by atoms with Crippen LogP contribution in [0.1, 0.15) is 11.3 Å². The molecule has 0 aliphatic carbocycles. The van der Waals surface area contributed by atoms with E-state index in [-0.39, 0.29) is 0 Å². The number of para-hydroxylation sites is 1. The van der Waals surface area contributed by atoms with E-state index in [0.29, 0.717) is 12.1 Å². The lowest BCUT2D eigenvalue weighted by Crippen LogP contribution is -2.03. The number of rotatable bonds is 2. The molecule has 0 unspecified atom stereocenters. The highest BCUT2D eigenvalue weighted by atomic mass is 19.1. The molecule has 0 fully saturated rings. The highest BCUT2D eigenvalue weighted by Crippen LogP contribution is 2.21. The number of hydrogen-bond acceptors (Lipinski definition) is 0. The minimum atomic E-state index is -0.546. The van der Waals surface area contributed by atoms with E-state index in [1.807, 2.05) is 35.8 Å². The standard InChI is InChI=1S/C16H13F2N/c1-11-8-12-4-2-3-5-16(12)19(11)10-13-6-7-14(17)9-15(13)18/h2-9H,10H2,1H3. The van der Waals surface area contributed by atoms with Crippen molar-refractivity contribution in [3.05, 3.63) is 71.4 Å². The van der Waals surface area contributed by atoms with Crippen LogP contribution in [0.2, 0.25) is 0 Å². The molecule has 1 aromatic heterocycles. The average molecular weight is 257 g/mol. The third-order valence-corrected chi connectivity index (χ3v) is 3.36. The van der Waals surface area contributed by atoms with Gasteiger partial charge in [0.25, 0.3) is 0 Å². The number of aryl methyl sites for hydroxylation is 1. The van der Waals surface area contributed by atoms with Gasteiger partial charge in [-0.1, -0.05) is 24.3 Å². The van der Waals surface area contributed by atoms with Gasteiger partial charge in [0.15, 0.2) is 0 Å². The second-order valence-corrected chi connectivity index (χ2v) is 4.67. The smallest absolute Gasteiger partial charge is 0.131 e. The van der Waals surface area contributed by atoms with Crippen molar-refractivity contribution in [2.24, 2.45) is 0 Å². The first-order chi connectivity index (χ1) is 9.15. The van der Waals surface area contributed by atoms with E-state index >= 15 is 0 Å². The Kier molecular flexibility index (Phi) is 2.82. The maximum absolute atomic E-state index is 13.7. The molecule has 0 bridgehead atoms. The normalized spacial score (nSPS) is 11.1. The molecular weight excluding hydrogens is 244 g/mol. The van der Waals surface area contributed by atoms with Gasteiger partial charge in [0.1, 0.15) is 11.6 Å². The van der Waals surface area contributed by atoms with Gasteiger partial charge < -0.3 is 4.57 Å². The van der Waals surface area contributed by atoms with Crippen molar-refractivity contribution in [2.45, 2.75) is 13.5 Å². The zero-order valence-electron chi connectivity index (χ0n) is 10.5. The summed E-state index contributed by atoms with van der Waals surface area (Å²) >= 11 is 0. The Morgan fingerprint density at radius 3 is 2.58 bits per heavy atom. The van der Waals surface area contributed by atoms with Gasteiger partial charge in [0, 0.05) is 22.8 Å². The van der Waals surface area contributed by atoms with Gasteiger partial charge in [0.05, 0.1) is 6.54 Å². The molecule has 0 radical (unpaired) electrons. The summed E-state index contributed by atoms with van der Waals surface area (Å²) in [7, 11) is 0. The Balaban J connectivity index is 2.08. The third-order valence-electron chi connectivity index (χ3n) is 3.36. The van der Waals surface area contributed by atoms with Crippen LogP contribution in [0, 0.1) is 18.6 Å². The lowest BCUT2D eigenvalue weighted by molar-refractivity contribution is 0.567. The molecule has 3 rings (SSSR count). The molecule has 0 spiro atoms. The van der Waals surface area contributed by atoms with Crippen LogP contribution in [-0.4, -0.2) is 4.57 Å². The molecule has 0 aliphatic rings. The maximum atomic E-state index is 13.7. The summed E-state index contributed by atoms with van der Waals surface area (Å²) in [5, 5.41) is 1.13. The minimum Gasteiger partial charge on any atom is -0.340 e. The third kappa shape index (κ3) is 2.12. The van der Waals surface area contributed by atoms with Gasteiger partial charge in [-0.3, -0.25) is 0 Å². The second kappa shape index (κ2) is 4.50. The maximum Gasteiger partial charge on any atom is 0.131 e. The summed E-state index contributed by atoms with van der Waals surface area (Å²) in [6, 6.07) is 13.7. The minimum absolute atomic E-state index is 0.408. The second-order valence-electron chi connectivity index (χ2n) is 4.67. The quantitative estimate of drug-likeness (QED) is 0.646. The fourth-order valence-electron chi connectivity index (χ4n) is 2.38. The van der Waals surface area contributed by atoms with Crippen molar-refractivity contribution in [1.29, 1.82) is 0 Å². The number of fused-ring (bicyclic) bond motifs is 1. The molecule has 2 aromatic carbocycles. The number of nitrogens with zero attached hydrogens (tertiary/aromatic N) is 1. The Morgan fingerprint density at radius 2 is 1.79 bits per heavy atom. The van der Waals surface area contributed by atoms with E-state index < -0.39 is 11.6 Å². The molecule has 96 valence electrons. The van der Waals surface area contributed by atoms with E-state index in [1.165, 1.54) is 12.1 Å². The van der Waals surface area contributed by atoms with Crippen LogP contribution in [-0.2, 0) is 6.54 Å². The van der Waals surface area contributed by atoms with Crippen LogP contribution < -0.4 is 0 Å². The molecule has 3 aromatic rings. The summed E-state index contributed by atoms with van der Waals surface area (Å²) in [6.07, 6.45) is 0. The molecule has 0 amide bonds. The summed E-state index contributed by atoms with van der Waals surface area (Å²) in [4.78, 5) is 0. The SMILES string of the molecule is Cc1cc2ccccc2n1Cc1ccc(F)cc1F. The zero-order valence-corrected chi connectivity index (χ0v) is 10.5. The Labute approximate surface area is 110 Å². The largest absolute Gasteiger partial charge is 0.340 e. The van der Waals surface area contributed by atoms with Gasteiger partial charge in [-0.05, 0) is 30.5 Å². The van der Waals surface area contributed by atoms with Gasteiger partial charge >= 0.3 is 0 Å². The molecule has 0 saturated carbocycles. The highest BCUT2D eigenvalue weighted by Gasteiger charge is 2.09. The van der Waals surface area contributed by atoms with Crippen molar-refractivity contribution < 1.29 is 8.78 Å². The first-order valence-electron chi connectivity index (χ1n) is 6.14. The lowest BCUT2D eigenvalue weighted by Gasteiger charge is -2.09. The Morgan fingerprint density at radius 1 is 1.00 bits per heavy atom. The van der Waals surface area contributed by atoms with E-state index in [0.717, 1.165) is 22.7 Å². The summed E-state index contributed by atoms with van der Waals surface area (Å²) in [5.74, 6) is -1.05. The van der Waals surface area contributed by atoms with Crippen molar-refractivity contribution in [3.63, 3.8) is 0 Å². The Hall–Kier alpha value is -2.16. The van der Waals surface area contributed by atoms with Crippen LogP contribution in [0.25, 0.3) is 10.9 Å². The molecule has 0 atom stereocenters. The first-order valence-corrected chi connectivity index (χ1v) is 6.14. The average Bonchev–Trinajstić information content (AvgIpc) is 2.69. The van der Waals surface area contributed by atoms with Crippen LogP contribution in [0.15, 0.2) is 48.5 Å². The van der Waals surface area contributed by atoms with E-state index in [1.54, 1.807) is 0 Å². The number of hydrogen-bond donors (Lipinski definition) is 0. The fraction of sp³-hybridized carbons (Fsp3) is 0.125. The van der Waals surface area contributed by atoms with E-state index in [9.17, 15) is 8.78 Å². The van der Waals surface area contributed by atoms with Crippen LogP contribution >= 0.6 is 0 Å². The molecule has 3 heteroatoms. The van der Waals surface area contributed by atoms with Crippen LogP contribution in [0.4, 0.5) is 8.78 Å². The number of aromatic nitrogens is 1. The lowest BCUT2D eigenvalue weighted by atomic mass is 10.2. The molecule has 19 heavy (non-hydrogen) atoms. The van der Waals surface area contributed by atoms with Gasteiger partial charge in [-0.2, -0.15) is 0 Å². The molecule has 0 N–H and O–H groups in total. The van der Waals surface area contributed by atoms with Crippen LogP contribution in [0.3, 0.4) is 0 Å². The predicted molar refractivity (Wildman–Crippen MR) is 72.1 cm³/mol. The molecule has 1 nitrogen and oxygen atoms in total. The van der Waals surface area contributed by atoms with E-state index in [4.69, 9.17) is 0 Å².